The molecule has 0 aliphatic heterocycles. The van der Waals surface area contributed by atoms with Crippen molar-refractivity contribution in [3.05, 3.63) is 48.3 Å². The SMILES string of the molecule is NS(=O)(=O)c1ccc(NCc2ccncn2)c(F)c1. The molecule has 0 radical (unpaired) electrons. The number of sulfonamides is 1. The van der Waals surface area contributed by atoms with Crippen LogP contribution >= 0.6 is 0 Å². The number of hydrogen-bond acceptors (Lipinski definition) is 5. The van der Waals surface area contributed by atoms with Crippen LogP contribution in [0.3, 0.4) is 0 Å². The van der Waals surface area contributed by atoms with Crippen molar-refractivity contribution in [3.63, 3.8) is 0 Å². The molecule has 0 amide bonds. The smallest absolute Gasteiger partial charge is 0.238 e. The van der Waals surface area contributed by atoms with E-state index in [9.17, 15) is 12.8 Å². The highest BCUT2D eigenvalue weighted by atomic mass is 32.2. The number of nitrogens with two attached hydrogens (primary N) is 1. The van der Waals surface area contributed by atoms with Crippen LogP contribution in [0, 0.1) is 5.82 Å². The number of halogens is 1. The summed E-state index contributed by atoms with van der Waals surface area (Å²) in [7, 11) is -3.90. The highest BCUT2D eigenvalue weighted by Gasteiger charge is 2.11. The van der Waals surface area contributed by atoms with Crippen molar-refractivity contribution >= 4 is 15.7 Å². The number of hydrogen-bond donors (Lipinski definition) is 2. The average molecular weight is 282 g/mol. The molecule has 1 heterocycles. The molecule has 0 spiro atoms. The summed E-state index contributed by atoms with van der Waals surface area (Å²) in [4.78, 5) is 7.47. The Kier molecular flexibility index (Phi) is 3.72. The average Bonchev–Trinajstić information content (AvgIpc) is 2.37. The summed E-state index contributed by atoms with van der Waals surface area (Å²) in [6.45, 7) is 0.300. The van der Waals surface area contributed by atoms with Crippen LogP contribution in [-0.2, 0) is 16.6 Å². The molecule has 19 heavy (non-hydrogen) atoms. The second-order valence-corrected chi connectivity index (χ2v) is 5.30. The maximum atomic E-state index is 13.7. The van der Waals surface area contributed by atoms with Crippen LogP contribution in [-0.4, -0.2) is 18.4 Å². The normalized spacial score (nSPS) is 11.3. The van der Waals surface area contributed by atoms with E-state index in [2.05, 4.69) is 15.3 Å². The molecule has 2 rings (SSSR count). The Morgan fingerprint density at radius 1 is 1.32 bits per heavy atom. The maximum Gasteiger partial charge on any atom is 0.238 e. The minimum absolute atomic E-state index is 0.172. The number of benzene rings is 1. The molecule has 8 heteroatoms. The molecule has 0 saturated heterocycles. The van der Waals surface area contributed by atoms with E-state index in [0.717, 1.165) is 6.07 Å². The highest BCUT2D eigenvalue weighted by molar-refractivity contribution is 7.89. The lowest BCUT2D eigenvalue weighted by atomic mass is 10.3. The molecule has 0 bridgehead atoms. The predicted octanol–water partition coefficient (Wildman–Crippen LogP) is 0.875. The first kappa shape index (κ1) is 13.4. The van der Waals surface area contributed by atoms with Crippen molar-refractivity contribution in [2.75, 3.05) is 5.32 Å². The highest BCUT2D eigenvalue weighted by Crippen LogP contribution is 2.18. The summed E-state index contributed by atoms with van der Waals surface area (Å²) in [6.07, 6.45) is 2.96. The van der Waals surface area contributed by atoms with Gasteiger partial charge in [-0.2, -0.15) is 0 Å². The van der Waals surface area contributed by atoms with Crippen LogP contribution in [0.25, 0.3) is 0 Å². The van der Waals surface area contributed by atoms with Crippen LogP contribution in [0.1, 0.15) is 5.69 Å². The van der Waals surface area contributed by atoms with Gasteiger partial charge in [-0.05, 0) is 24.3 Å². The molecular weight excluding hydrogens is 271 g/mol. The topological polar surface area (TPSA) is 98.0 Å². The third-order valence-corrected chi connectivity index (χ3v) is 3.28. The van der Waals surface area contributed by atoms with Crippen molar-refractivity contribution in [1.82, 2.24) is 9.97 Å². The van der Waals surface area contributed by atoms with Crippen molar-refractivity contribution in [2.45, 2.75) is 11.4 Å². The van der Waals surface area contributed by atoms with E-state index in [4.69, 9.17) is 5.14 Å². The summed E-state index contributed by atoms with van der Waals surface area (Å²) in [5, 5.41) is 7.72. The van der Waals surface area contributed by atoms with Gasteiger partial charge < -0.3 is 5.32 Å². The van der Waals surface area contributed by atoms with E-state index < -0.39 is 15.8 Å². The molecule has 0 atom stereocenters. The van der Waals surface area contributed by atoms with Gasteiger partial charge in [0, 0.05) is 6.20 Å². The molecule has 100 valence electrons. The van der Waals surface area contributed by atoms with Crippen LogP contribution in [0.4, 0.5) is 10.1 Å². The van der Waals surface area contributed by atoms with E-state index in [1.54, 1.807) is 12.3 Å². The summed E-state index contributed by atoms with van der Waals surface area (Å²) in [5.74, 6) is -0.694. The fourth-order valence-corrected chi connectivity index (χ4v) is 1.95. The number of anilines is 1. The van der Waals surface area contributed by atoms with Gasteiger partial charge >= 0.3 is 0 Å². The summed E-state index contributed by atoms with van der Waals surface area (Å²) < 4.78 is 35.8. The first-order valence-electron chi connectivity index (χ1n) is 5.28. The molecule has 0 fully saturated rings. The zero-order valence-electron chi connectivity index (χ0n) is 9.75. The van der Waals surface area contributed by atoms with Crippen molar-refractivity contribution in [3.8, 4) is 0 Å². The molecule has 6 nitrogen and oxygen atoms in total. The molecule has 0 saturated carbocycles. The van der Waals surface area contributed by atoms with Crippen molar-refractivity contribution < 1.29 is 12.8 Å². The lowest BCUT2D eigenvalue weighted by molar-refractivity contribution is 0.593. The van der Waals surface area contributed by atoms with E-state index >= 15 is 0 Å². The monoisotopic (exact) mass is 282 g/mol. The van der Waals surface area contributed by atoms with Crippen LogP contribution in [0.15, 0.2) is 41.7 Å². The van der Waals surface area contributed by atoms with Crippen molar-refractivity contribution in [2.24, 2.45) is 5.14 Å². The van der Waals surface area contributed by atoms with Gasteiger partial charge in [0.05, 0.1) is 22.8 Å². The Morgan fingerprint density at radius 3 is 2.68 bits per heavy atom. The van der Waals surface area contributed by atoms with Gasteiger partial charge in [-0.3, -0.25) is 0 Å². The molecule has 2 aromatic rings. The summed E-state index contributed by atoms with van der Waals surface area (Å²) >= 11 is 0. The Morgan fingerprint density at radius 2 is 2.11 bits per heavy atom. The predicted molar refractivity (Wildman–Crippen MR) is 67.1 cm³/mol. The molecule has 3 N–H and O–H groups in total. The van der Waals surface area contributed by atoms with Gasteiger partial charge in [0.15, 0.2) is 0 Å². The fourth-order valence-electron chi connectivity index (χ4n) is 1.42. The Bertz CT molecular complexity index is 676. The minimum Gasteiger partial charge on any atom is -0.377 e. The first-order chi connectivity index (χ1) is 8.97. The number of nitrogens with zero attached hydrogens (tertiary/aromatic N) is 2. The van der Waals surface area contributed by atoms with E-state index in [1.165, 1.54) is 18.5 Å². The molecule has 0 aliphatic rings. The van der Waals surface area contributed by atoms with Crippen LogP contribution in [0.2, 0.25) is 0 Å². The Hall–Kier alpha value is -2.06. The van der Waals surface area contributed by atoms with Crippen LogP contribution in [0.5, 0.6) is 0 Å². The lowest BCUT2D eigenvalue weighted by Crippen LogP contribution is -2.13. The van der Waals surface area contributed by atoms with Gasteiger partial charge in [-0.25, -0.2) is 27.9 Å². The molecule has 0 aliphatic carbocycles. The number of aromatic nitrogens is 2. The lowest BCUT2D eigenvalue weighted by Gasteiger charge is -2.08. The largest absolute Gasteiger partial charge is 0.377 e. The zero-order valence-corrected chi connectivity index (χ0v) is 10.6. The van der Waals surface area contributed by atoms with E-state index in [-0.39, 0.29) is 10.6 Å². The zero-order chi connectivity index (χ0) is 13.9. The molecule has 0 unspecified atom stereocenters. The van der Waals surface area contributed by atoms with E-state index in [0.29, 0.717) is 12.2 Å². The van der Waals surface area contributed by atoms with Gasteiger partial charge in [0.2, 0.25) is 10.0 Å². The molecular formula is C11H11FN4O2S. The first-order valence-corrected chi connectivity index (χ1v) is 6.82. The number of primary sulfonamides is 1. The third kappa shape index (κ3) is 3.46. The van der Waals surface area contributed by atoms with Gasteiger partial charge in [0.25, 0.3) is 0 Å². The molecule has 1 aromatic heterocycles. The minimum atomic E-state index is -3.90. The summed E-state index contributed by atoms with van der Waals surface area (Å²) in [5.41, 5.74) is 0.857. The summed E-state index contributed by atoms with van der Waals surface area (Å²) in [6, 6.07) is 5.11. The quantitative estimate of drug-likeness (QED) is 0.867. The van der Waals surface area contributed by atoms with Crippen molar-refractivity contribution in [1.29, 1.82) is 0 Å². The van der Waals surface area contributed by atoms with Gasteiger partial charge in [-0.1, -0.05) is 0 Å². The Balaban J connectivity index is 2.14. The van der Waals surface area contributed by atoms with E-state index in [1.807, 2.05) is 0 Å². The Labute approximate surface area is 109 Å². The van der Waals surface area contributed by atoms with Crippen LogP contribution < -0.4 is 10.5 Å². The number of nitrogens with one attached hydrogen (secondary N) is 1. The molecule has 1 aromatic carbocycles. The van der Waals surface area contributed by atoms with Gasteiger partial charge in [-0.15, -0.1) is 0 Å². The number of rotatable bonds is 4. The fraction of sp³-hybridized carbons (Fsp3) is 0.0909. The maximum absolute atomic E-state index is 13.7. The van der Waals surface area contributed by atoms with Gasteiger partial charge in [0.1, 0.15) is 12.1 Å². The second kappa shape index (κ2) is 5.29. The second-order valence-electron chi connectivity index (χ2n) is 3.74. The third-order valence-electron chi connectivity index (χ3n) is 2.37. The standard InChI is InChI=1S/C11H11FN4O2S/c12-10-5-9(19(13,17)18)1-2-11(10)15-6-8-3-4-14-7-16-8/h1-5,7,15H,6H2,(H2,13,17,18).